The van der Waals surface area contributed by atoms with Gasteiger partial charge in [-0.1, -0.05) is 33.2 Å². The fourth-order valence-corrected chi connectivity index (χ4v) is 3.62. The number of nitrogens with zero attached hydrogens (tertiary/aromatic N) is 2. The lowest BCUT2D eigenvalue weighted by molar-refractivity contribution is 0.245. The van der Waals surface area contributed by atoms with E-state index in [4.69, 9.17) is 4.52 Å². The minimum Gasteiger partial charge on any atom is -0.361 e. The first-order chi connectivity index (χ1) is 9.65. The van der Waals surface area contributed by atoms with E-state index in [2.05, 4.69) is 50.3 Å². The first-order valence-corrected chi connectivity index (χ1v) is 7.85. The molecule has 1 saturated heterocycles. The molecule has 0 N–H and O–H groups in total. The normalized spacial score (nSPS) is 19.6. The predicted octanol–water partition coefficient (Wildman–Crippen LogP) is 4.39. The van der Waals surface area contributed by atoms with Crippen LogP contribution in [0, 0.1) is 13.8 Å². The first-order valence-electron chi connectivity index (χ1n) is 7.06. The number of benzene rings is 1. The molecule has 0 bridgehead atoms. The van der Waals surface area contributed by atoms with Crippen LogP contribution in [-0.2, 0) is 6.54 Å². The van der Waals surface area contributed by atoms with Crippen molar-refractivity contribution >= 4 is 15.9 Å². The summed E-state index contributed by atoms with van der Waals surface area (Å²) in [4.78, 5) is 2.54. The molecular formula is C16H19BrN2O. The minimum atomic E-state index is 0.445. The summed E-state index contributed by atoms with van der Waals surface area (Å²) in [5, 5.41) is 4.11. The highest BCUT2D eigenvalue weighted by molar-refractivity contribution is 9.10. The van der Waals surface area contributed by atoms with Gasteiger partial charge in [-0.15, -0.1) is 0 Å². The second-order valence-corrected chi connectivity index (χ2v) is 6.41. The molecule has 1 aromatic carbocycles. The Labute approximate surface area is 128 Å². The largest absolute Gasteiger partial charge is 0.361 e. The number of hydrogen-bond acceptors (Lipinski definition) is 3. The summed E-state index contributed by atoms with van der Waals surface area (Å²) in [5.74, 6) is 0.966. The molecule has 3 rings (SSSR count). The first kappa shape index (κ1) is 13.8. The summed E-state index contributed by atoms with van der Waals surface area (Å²) in [6.45, 7) is 6.18. The molecule has 0 aliphatic carbocycles. The van der Waals surface area contributed by atoms with Gasteiger partial charge in [-0.3, -0.25) is 4.90 Å². The lowest BCUT2D eigenvalue weighted by atomic mass is 10.0. The molecule has 4 heteroatoms. The Balaban J connectivity index is 1.83. The molecule has 2 heterocycles. The smallest absolute Gasteiger partial charge is 0.138 e. The van der Waals surface area contributed by atoms with E-state index in [-0.39, 0.29) is 0 Å². The molecule has 2 aromatic rings. The summed E-state index contributed by atoms with van der Waals surface area (Å²) in [6.07, 6.45) is 2.43. The standard InChI is InChI=1S/C16H19BrN2O/c1-11-16(12(2)20-18-11)15-7-4-8-19(15)10-13-5-3-6-14(17)9-13/h3,5-6,9,15H,4,7-8,10H2,1-2H3/t15-/m0/s1. The molecule has 1 aromatic heterocycles. The van der Waals surface area contributed by atoms with Crippen LogP contribution in [0.3, 0.4) is 0 Å². The van der Waals surface area contributed by atoms with E-state index in [9.17, 15) is 0 Å². The fraction of sp³-hybridized carbons (Fsp3) is 0.438. The number of likely N-dealkylation sites (tertiary alicyclic amines) is 1. The Morgan fingerprint density at radius 2 is 2.25 bits per heavy atom. The maximum atomic E-state index is 5.34. The molecular weight excluding hydrogens is 316 g/mol. The van der Waals surface area contributed by atoms with Gasteiger partial charge in [-0.25, -0.2) is 0 Å². The highest BCUT2D eigenvalue weighted by atomic mass is 79.9. The van der Waals surface area contributed by atoms with E-state index in [1.807, 2.05) is 13.8 Å². The Morgan fingerprint density at radius 3 is 2.95 bits per heavy atom. The highest BCUT2D eigenvalue weighted by Crippen LogP contribution is 2.36. The molecule has 20 heavy (non-hydrogen) atoms. The third kappa shape index (κ3) is 2.67. The van der Waals surface area contributed by atoms with Gasteiger partial charge >= 0.3 is 0 Å². The van der Waals surface area contributed by atoms with Crippen molar-refractivity contribution in [2.24, 2.45) is 0 Å². The molecule has 3 nitrogen and oxygen atoms in total. The van der Waals surface area contributed by atoms with Crippen LogP contribution in [0.4, 0.5) is 0 Å². The third-order valence-corrected chi connectivity index (χ3v) is 4.55. The predicted molar refractivity (Wildman–Crippen MR) is 82.5 cm³/mol. The van der Waals surface area contributed by atoms with Crippen molar-refractivity contribution < 1.29 is 4.52 Å². The van der Waals surface area contributed by atoms with E-state index in [1.54, 1.807) is 0 Å². The molecule has 1 fully saturated rings. The van der Waals surface area contributed by atoms with Crippen molar-refractivity contribution in [3.8, 4) is 0 Å². The van der Waals surface area contributed by atoms with Crippen molar-refractivity contribution in [3.05, 3.63) is 51.3 Å². The van der Waals surface area contributed by atoms with Crippen LogP contribution < -0.4 is 0 Å². The molecule has 1 aliphatic rings. The van der Waals surface area contributed by atoms with Gasteiger partial charge < -0.3 is 4.52 Å². The van der Waals surface area contributed by atoms with Crippen LogP contribution in [0.15, 0.2) is 33.3 Å². The molecule has 1 aliphatic heterocycles. The van der Waals surface area contributed by atoms with Gasteiger partial charge in [0, 0.05) is 22.6 Å². The third-order valence-electron chi connectivity index (χ3n) is 4.06. The molecule has 0 spiro atoms. The lowest BCUT2D eigenvalue weighted by Gasteiger charge is -2.24. The lowest BCUT2D eigenvalue weighted by Crippen LogP contribution is -2.23. The zero-order valence-corrected chi connectivity index (χ0v) is 13.5. The van der Waals surface area contributed by atoms with Gasteiger partial charge in [-0.2, -0.15) is 0 Å². The number of rotatable bonds is 3. The van der Waals surface area contributed by atoms with Gasteiger partial charge in [0.15, 0.2) is 0 Å². The Kier molecular flexibility index (Phi) is 3.94. The topological polar surface area (TPSA) is 29.3 Å². The van der Waals surface area contributed by atoms with Crippen LogP contribution in [-0.4, -0.2) is 16.6 Å². The number of aromatic nitrogens is 1. The van der Waals surface area contributed by atoms with Crippen molar-refractivity contribution in [2.75, 3.05) is 6.54 Å². The number of aryl methyl sites for hydroxylation is 2. The molecule has 0 unspecified atom stereocenters. The second-order valence-electron chi connectivity index (χ2n) is 5.50. The van der Waals surface area contributed by atoms with E-state index < -0.39 is 0 Å². The van der Waals surface area contributed by atoms with Crippen LogP contribution in [0.1, 0.15) is 41.5 Å². The van der Waals surface area contributed by atoms with E-state index in [1.165, 1.54) is 24.0 Å². The van der Waals surface area contributed by atoms with Crippen molar-refractivity contribution in [1.82, 2.24) is 10.1 Å². The number of halogens is 1. The van der Waals surface area contributed by atoms with Crippen LogP contribution in [0.2, 0.25) is 0 Å². The SMILES string of the molecule is Cc1noc(C)c1[C@@H]1CCCN1Cc1cccc(Br)c1. The van der Waals surface area contributed by atoms with Gasteiger partial charge in [0.2, 0.25) is 0 Å². The number of hydrogen-bond donors (Lipinski definition) is 0. The summed E-state index contributed by atoms with van der Waals surface area (Å²) >= 11 is 3.55. The second kappa shape index (κ2) is 5.70. The molecule has 106 valence electrons. The van der Waals surface area contributed by atoms with Crippen molar-refractivity contribution in [2.45, 2.75) is 39.3 Å². The zero-order valence-electron chi connectivity index (χ0n) is 11.9. The van der Waals surface area contributed by atoms with E-state index >= 15 is 0 Å². The van der Waals surface area contributed by atoms with Gasteiger partial charge in [0.25, 0.3) is 0 Å². The van der Waals surface area contributed by atoms with Gasteiger partial charge in [0.05, 0.1) is 5.69 Å². The summed E-state index contributed by atoms with van der Waals surface area (Å²) in [6, 6.07) is 9.00. The summed E-state index contributed by atoms with van der Waals surface area (Å²) < 4.78 is 6.48. The summed E-state index contributed by atoms with van der Waals surface area (Å²) in [7, 11) is 0. The van der Waals surface area contributed by atoms with E-state index in [0.29, 0.717) is 6.04 Å². The molecule has 0 radical (unpaired) electrons. The quantitative estimate of drug-likeness (QED) is 0.833. The summed E-state index contributed by atoms with van der Waals surface area (Å²) in [5.41, 5.74) is 3.67. The average Bonchev–Trinajstić information content (AvgIpc) is 2.97. The van der Waals surface area contributed by atoms with Gasteiger partial charge in [-0.05, 0) is 50.9 Å². The zero-order chi connectivity index (χ0) is 14.1. The fourth-order valence-electron chi connectivity index (χ4n) is 3.18. The Hall–Kier alpha value is -1.13. The van der Waals surface area contributed by atoms with Gasteiger partial charge in [0.1, 0.15) is 5.76 Å². The monoisotopic (exact) mass is 334 g/mol. The molecule has 0 saturated carbocycles. The van der Waals surface area contributed by atoms with E-state index in [0.717, 1.165) is 29.0 Å². The maximum absolute atomic E-state index is 5.34. The maximum Gasteiger partial charge on any atom is 0.138 e. The highest BCUT2D eigenvalue weighted by Gasteiger charge is 2.30. The van der Waals surface area contributed by atoms with Crippen LogP contribution in [0.5, 0.6) is 0 Å². The Morgan fingerprint density at radius 1 is 1.40 bits per heavy atom. The Bertz CT molecular complexity index is 589. The van der Waals surface area contributed by atoms with Crippen LogP contribution in [0.25, 0.3) is 0 Å². The molecule has 1 atom stereocenters. The van der Waals surface area contributed by atoms with Crippen molar-refractivity contribution in [1.29, 1.82) is 0 Å². The van der Waals surface area contributed by atoms with Crippen molar-refractivity contribution in [3.63, 3.8) is 0 Å². The minimum absolute atomic E-state index is 0.445. The average molecular weight is 335 g/mol. The van der Waals surface area contributed by atoms with Crippen LogP contribution >= 0.6 is 15.9 Å². The molecule has 0 amide bonds.